The van der Waals surface area contributed by atoms with E-state index in [0.29, 0.717) is 11.5 Å². The fourth-order valence-electron chi connectivity index (χ4n) is 4.28. The summed E-state index contributed by atoms with van der Waals surface area (Å²) < 4.78 is 4.18. The lowest BCUT2D eigenvalue weighted by Gasteiger charge is -2.18. The van der Waals surface area contributed by atoms with Crippen molar-refractivity contribution in [3.8, 4) is 0 Å². The summed E-state index contributed by atoms with van der Waals surface area (Å²) in [5.41, 5.74) is 9.08. The molecule has 0 radical (unpaired) electrons. The lowest BCUT2D eigenvalue weighted by Crippen LogP contribution is -2.24. The predicted molar refractivity (Wildman–Crippen MR) is 126 cm³/mol. The number of aryl methyl sites for hydroxylation is 3. The maximum absolute atomic E-state index is 13.2. The first-order valence-corrected chi connectivity index (χ1v) is 10.8. The number of pyridine rings is 1. The van der Waals surface area contributed by atoms with Gasteiger partial charge in [0, 0.05) is 31.6 Å². The number of rotatable bonds is 4. The lowest BCUT2D eigenvalue weighted by molar-refractivity contribution is -0.497. The van der Waals surface area contributed by atoms with Gasteiger partial charge in [-0.25, -0.2) is 9.56 Å². The molecule has 3 aromatic rings. The molecule has 0 atom stereocenters. The summed E-state index contributed by atoms with van der Waals surface area (Å²) in [6, 6.07) is 9.82. The molecule has 31 heavy (non-hydrogen) atoms. The van der Waals surface area contributed by atoms with E-state index in [9.17, 15) is 4.79 Å². The van der Waals surface area contributed by atoms with Crippen molar-refractivity contribution in [3.63, 3.8) is 0 Å². The predicted octanol–water partition coefficient (Wildman–Crippen LogP) is 4.51. The minimum atomic E-state index is -0.178. The van der Waals surface area contributed by atoms with Crippen LogP contribution >= 0.6 is 0 Å². The Morgan fingerprint density at radius 1 is 1.16 bits per heavy atom. The van der Waals surface area contributed by atoms with E-state index in [0.717, 1.165) is 47.4 Å². The van der Waals surface area contributed by atoms with E-state index in [1.165, 1.54) is 16.9 Å². The summed E-state index contributed by atoms with van der Waals surface area (Å²) in [5.74, 6) is 0.359. The van der Waals surface area contributed by atoms with E-state index in [-0.39, 0.29) is 5.91 Å². The van der Waals surface area contributed by atoms with E-state index in [4.69, 9.17) is 4.98 Å². The van der Waals surface area contributed by atoms with Crippen LogP contribution in [0.25, 0.3) is 16.6 Å². The Labute approximate surface area is 183 Å². The number of imidazole rings is 1. The van der Waals surface area contributed by atoms with Crippen molar-refractivity contribution in [2.45, 2.75) is 40.5 Å². The van der Waals surface area contributed by atoms with Gasteiger partial charge in [0.2, 0.25) is 5.95 Å². The van der Waals surface area contributed by atoms with Gasteiger partial charge in [-0.2, -0.15) is 0 Å². The normalized spacial score (nSPS) is 14.5. The number of allylic oxidation sites excluding steroid dienone is 1. The van der Waals surface area contributed by atoms with Crippen LogP contribution < -0.4 is 5.32 Å². The van der Waals surface area contributed by atoms with Crippen LogP contribution in [0.15, 0.2) is 35.9 Å². The van der Waals surface area contributed by atoms with Gasteiger partial charge in [-0.15, -0.1) is 0 Å². The molecule has 2 aromatic heterocycles. The summed E-state index contributed by atoms with van der Waals surface area (Å²) in [7, 11) is 4.03. The molecule has 1 aliphatic heterocycles. The topological polar surface area (TPSA) is 62.8 Å². The molecule has 6 nitrogen and oxygen atoms in total. The zero-order chi connectivity index (χ0) is 22.3. The molecule has 0 fully saturated rings. The first-order valence-electron chi connectivity index (χ1n) is 10.8. The molecule has 1 aliphatic rings. The zero-order valence-electron chi connectivity index (χ0n) is 19.2. The minimum Gasteiger partial charge on any atom is -0.313 e. The van der Waals surface area contributed by atoms with Gasteiger partial charge in [0.05, 0.1) is 22.3 Å². The van der Waals surface area contributed by atoms with Crippen molar-refractivity contribution in [3.05, 3.63) is 58.4 Å². The number of amides is 1. The Kier molecular flexibility index (Phi) is 5.48. The van der Waals surface area contributed by atoms with E-state index < -0.39 is 0 Å². The smallest absolute Gasteiger partial charge is 0.258 e. The molecule has 1 N–H and O–H groups in total. The van der Waals surface area contributed by atoms with Crippen LogP contribution in [-0.4, -0.2) is 44.3 Å². The summed E-state index contributed by atoms with van der Waals surface area (Å²) in [4.78, 5) is 22.6. The Morgan fingerprint density at radius 3 is 2.68 bits per heavy atom. The number of nitrogens with zero attached hydrogens (tertiary/aromatic N) is 4. The fraction of sp³-hybridized carbons (Fsp3) is 0.360. The Morgan fingerprint density at radius 2 is 1.94 bits per heavy atom. The van der Waals surface area contributed by atoms with Gasteiger partial charge in [0.15, 0.2) is 5.71 Å². The molecule has 0 saturated carbocycles. The molecule has 0 bridgehead atoms. The third kappa shape index (κ3) is 3.90. The third-order valence-corrected chi connectivity index (χ3v) is 6.20. The largest absolute Gasteiger partial charge is 0.313 e. The number of carbonyl (C=O) groups excluding carboxylic acids is 1. The van der Waals surface area contributed by atoms with E-state index in [1.807, 2.05) is 49.7 Å². The Balaban J connectivity index is 1.71. The minimum absolute atomic E-state index is 0.178. The Bertz CT molecular complexity index is 1260. The maximum atomic E-state index is 13.2. The fourth-order valence-corrected chi connectivity index (χ4v) is 4.28. The number of carbonyl (C=O) groups is 1. The number of nitrogens with one attached hydrogen (secondary N) is 1. The quantitative estimate of drug-likeness (QED) is 0.637. The first-order chi connectivity index (χ1) is 14.8. The average Bonchev–Trinajstić information content (AvgIpc) is 3.04. The highest BCUT2D eigenvalue weighted by Crippen LogP contribution is 2.28. The highest BCUT2D eigenvalue weighted by atomic mass is 16.1. The van der Waals surface area contributed by atoms with Crippen LogP contribution in [0.5, 0.6) is 0 Å². The van der Waals surface area contributed by atoms with Gasteiger partial charge in [-0.1, -0.05) is 13.0 Å². The number of anilines is 1. The van der Waals surface area contributed by atoms with Crippen LogP contribution in [0.1, 0.15) is 54.0 Å². The molecule has 0 unspecified atom stereocenters. The lowest BCUT2D eigenvalue weighted by atomic mass is 9.92. The van der Waals surface area contributed by atoms with Gasteiger partial charge in [-0.3, -0.25) is 15.1 Å². The molecule has 6 heteroatoms. The third-order valence-electron chi connectivity index (χ3n) is 6.20. The number of aromatic nitrogens is 3. The zero-order valence-corrected chi connectivity index (χ0v) is 19.2. The molecule has 160 valence electrons. The second kappa shape index (κ2) is 8.10. The van der Waals surface area contributed by atoms with Crippen LogP contribution in [0, 0.1) is 13.8 Å². The molecule has 4 rings (SSSR count). The monoisotopic (exact) mass is 416 g/mol. The number of hydrogen-bond acceptors (Lipinski definition) is 3. The Hall–Kier alpha value is -3.28. The molecule has 1 amide bonds. The van der Waals surface area contributed by atoms with E-state index >= 15 is 0 Å². The molecular formula is C25H30N5O+. The first kappa shape index (κ1) is 21.0. The molecule has 1 aromatic carbocycles. The summed E-state index contributed by atoms with van der Waals surface area (Å²) in [6.07, 6.45) is 2.01. The van der Waals surface area contributed by atoms with E-state index in [2.05, 4.69) is 41.8 Å². The van der Waals surface area contributed by atoms with Crippen molar-refractivity contribution in [1.82, 2.24) is 14.5 Å². The highest BCUT2D eigenvalue weighted by Gasteiger charge is 2.25. The second-order valence-electron chi connectivity index (χ2n) is 8.41. The summed E-state index contributed by atoms with van der Waals surface area (Å²) in [5, 5.41) is 2.99. The molecule has 0 saturated heterocycles. The van der Waals surface area contributed by atoms with Crippen molar-refractivity contribution in [1.29, 1.82) is 0 Å². The highest BCUT2D eigenvalue weighted by molar-refractivity contribution is 6.21. The molecule has 0 aliphatic carbocycles. The SMILES string of the molecule is CCC1=C(c2cc(C(=O)Nc3nc4ccc(C)cc4n3C)cc(C)n2)C(C)=[N+](C)CC1. The van der Waals surface area contributed by atoms with Crippen LogP contribution in [0.3, 0.4) is 0 Å². The average molecular weight is 417 g/mol. The second-order valence-corrected chi connectivity index (χ2v) is 8.41. The van der Waals surface area contributed by atoms with Gasteiger partial charge in [-0.05, 0) is 55.7 Å². The molecular weight excluding hydrogens is 386 g/mol. The number of hydrogen-bond donors (Lipinski definition) is 1. The van der Waals surface area contributed by atoms with E-state index in [1.54, 1.807) is 0 Å². The van der Waals surface area contributed by atoms with Crippen LogP contribution in [-0.2, 0) is 7.05 Å². The van der Waals surface area contributed by atoms with Crippen molar-refractivity contribution in [2.24, 2.45) is 7.05 Å². The van der Waals surface area contributed by atoms with Crippen molar-refractivity contribution < 1.29 is 9.37 Å². The van der Waals surface area contributed by atoms with Crippen LogP contribution in [0.2, 0.25) is 0 Å². The summed E-state index contributed by atoms with van der Waals surface area (Å²) >= 11 is 0. The molecule has 0 spiro atoms. The maximum Gasteiger partial charge on any atom is 0.258 e. The van der Waals surface area contributed by atoms with Gasteiger partial charge in [0.1, 0.15) is 13.6 Å². The number of fused-ring (bicyclic) bond motifs is 1. The standard InChI is InChI=1S/C25H29N5O/c1-7-18-10-11-29(5)17(4)23(18)21-14-19(13-16(3)26-21)24(31)28-25-27-20-9-8-15(2)12-22(20)30(25)6/h8-9,12-14H,7,10-11H2,1-6H3/p+1. The molecule has 3 heterocycles. The number of benzene rings is 1. The van der Waals surface area contributed by atoms with Gasteiger partial charge >= 0.3 is 0 Å². The van der Waals surface area contributed by atoms with Crippen LogP contribution in [0.4, 0.5) is 5.95 Å². The summed E-state index contributed by atoms with van der Waals surface area (Å²) in [6.45, 7) is 9.32. The van der Waals surface area contributed by atoms with Gasteiger partial charge in [0.25, 0.3) is 5.91 Å². The van der Waals surface area contributed by atoms with Crippen molar-refractivity contribution in [2.75, 3.05) is 18.9 Å². The van der Waals surface area contributed by atoms with Gasteiger partial charge < -0.3 is 4.57 Å². The van der Waals surface area contributed by atoms with Crippen molar-refractivity contribution >= 4 is 34.2 Å².